The molecule has 21 heavy (non-hydrogen) atoms. The molecule has 2 heteroatoms. The largest absolute Gasteiger partial charge is 0.457 e. The van der Waals surface area contributed by atoms with E-state index in [1.165, 1.54) is 11.1 Å². The second-order valence-corrected chi connectivity index (χ2v) is 6.62. The molecule has 0 unspecified atom stereocenters. The van der Waals surface area contributed by atoms with Crippen LogP contribution >= 0.6 is 0 Å². The lowest BCUT2D eigenvalue weighted by Gasteiger charge is -2.20. The van der Waals surface area contributed by atoms with Crippen molar-refractivity contribution in [3.8, 4) is 11.5 Å². The SMILES string of the molecule is Cc1ccc(C)c(Oc2ccc(CNC(C)(C)C)cc2)c1. The summed E-state index contributed by atoms with van der Waals surface area (Å²) in [6.07, 6.45) is 0. The quantitative estimate of drug-likeness (QED) is 0.854. The van der Waals surface area contributed by atoms with Crippen molar-refractivity contribution in [3.05, 3.63) is 59.2 Å². The summed E-state index contributed by atoms with van der Waals surface area (Å²) in [7, 11) is 0. The average Bonchev–Trinajstić information content (AvgIpc) is 2.41. The normalized spacial score (nSPS) is 11.5. The average molecular weight is 283 g/mol. The summed E-state index contributed by atoms with van der Waals surface area (Å²) in [4.78, 5) is 0. The van der Waals surface area contributed by atoms with Crippen LogP contribution < -0.4 is 10.1 Å². The summed E-state index contributed by atoms with van der Waals surface area (Å²) in [5.41, 5.74) is 3.76. The Hall–Kier alpha value is -1.80. The topological polar surface area (TPSA) is 21.3 Å². The van der Waals surface area contributed by atoms with E-state index in [0.717, 1.165) is 23.6 Å². The Morgan fingerprint density at radius 2 is 1.62 bits per heavy atom. The van der Waals surface area contributed by atoms with Crippen molar-refractivity contribution in [1.82, 2.24) is 5.32 Å². The van der Waals surface area contributed by atoms with E-state index < -0.39 is 0 Å². The molecule has 2 aromatic carbocycles. The van der Waals surface area contributed by atoms with Crippen LogP contribution in [-0.4, -0.2) is 5.54 Å². The van der Waals surface area contributed by atoms with E-state index in [0.29, 0.717) is 0 Å². The van der Waals surface area contributed by atoms with Crippen molar-refractivity contribution in [2.75, 3.05) is 0 Å². The number of aryl methyl sites for hydroxylation is 2. The van der Waals surface area contributed by atoms with E-state index in [9.17, 15) is 0 Å². The van der Waals surface area contributed by atoms with Gasteiger partial charge in [-0.2, -0.15) is 0 Å². The molecule has 0 radical (unpaired) electrons. The maximum absolute atomic E-state index is 5.97. The lowest BCUT2D eigenvalue weighted by molar-refractivity contribution is 0.424. The molecule has 1 N–H and O–H groups in total. The highest BCUT2D eigenvalue weighted by Crippen LogP contribution is 2.26. The van der Waals surface area contributed by atoms with Crippen molar-refractivity contribution >= 4 is 0 Å². The molecule has 112 valence electrons. The molecule has 0 amide bonds. The highest BCUT2D eigenvalue weighted by Gasteiger charge is 2.08. The Labute approximate surface area is 128 Å². The van der Waals surface area contributed by atoms with E-state index in [1.54, 1.807) is 0 Å². The first kappa shape index (κ1) is 15.6. The standard InChI is InChI=1S/C19H25NO/c1-14-6-7-15(2)18(12-14)21-17-10-8-16(9-11-17)13-20-19(3,4)5/h6-12,20H,13H2,1-5H3. The molecule has 0 aromatic heterocycles. The van der Waals surface area contributed by atoms with Crippen LogP contribution in [0.25, 0.3) is 0 Å². The first-order valence-corrected chi connectivity index (χ1v) is 7.42. The summed E-state index contributed by atoms with van der Waals surface area (Å²) < 4.78 is 5.97. The van der Waals surface area contributed by atoms with Gasteiger partial charge < -0.3 is 10.1 Å². The molecule has 2 rings (SSSR count). The predicted molar refractivity (Wildman–Crippen MR) is 89.0 cm³/mol. The minimum atomic E-state index is 0.133. The van der Waals surface area contributed by atoms with Gasteiger partial charge in [-0.1, -0.05) is 24.3 Å². The van der Waals surface area contributed by atoms with Crippen LogP contribution in [0.2, 0.25) is 0 Å². The zero-order chi connectivity index (χ0) is 15.5. The molecule has 0 fully saturated rings. The minimum absolute atomic E-state index is 0.133. The summed E-state index contributed by atoms with van der Waals surface area (Å²) in [6, 6.07) is 14.5. The fourth-order valence-corrected chi connectivity index (χ4v) is 1.99. The van der Waals surface area contributed by atoms with Crippen molar-refractivity contribution in [2.45, 2.75) is 46.7 Å². The monoisotopic (exact) mass is 283 g/mol. The van der Waals surface area contributed by atoms with Crippen LogP contribution in [0.1, 0.15) is 37.5 Å². The third-order valence-corrected chi connectivity index (χ3v) is 3.32. The van der Waals surface area contributed by atoms with Crippen LogP contribution in [0.5, 0.6) is 11.5 Å². The number of nitrogens with one attached hydrogen (secondary N) is 1. The molecule has 2 aromatic rings. The molecule has 0 heterocycles. The van der Waals surface area contributed by atoms with Gasteiger partial charge in [0.25, 0.3) is 0 Å². The molecular formula is C19H25NO. The molecule has 0 atom stereocenters. The van der Waals surface area contributed by atoms with Crippen molar-refractivity contribution in [1.29, 1.82) is 0 Å². The van der Waals surface area contributed by atoms with Gasteiger partial charge in [0.15, 0.2) is 0 Å². The van der Waals surface area contributed by atoms with Gasteiger partial charge in [0.05, 0.1) is 0 Å². The second kappa shape index (κ2) is 6.31. The van der Waals surface area contributed by atoms with Crippen LogP contribution in [0.3, 0.4) is 0 Å². The lowest BCUT2D eigenvalue weighted by Crippen LogP contribution is -2.34. The van der Waals surface area contributed by atoms with Crippen LogP contribution in [0.15, 0.2) is 42.5 Å². The van der Waals surface area contributed by atoms with Gasteiger partial charge in [-0.3, -0.25) is 0 Å². The first-order valence-electron chi connectivity index (χ1n) is 7.42. The Morgan fingerprint density at radius 1 is 0.952 bits per heavy atom. The third kappa shape index (κ3) is 4.91. The third-order valence-electron chi connectivity index (χ3n) is 3.32. The van der Waals surface area contributed by atoms with Gasteiger partial charge in [-0.05, 0) is 69.5 Å². The Kier molecular flexibility index (Phi) is 4.69. The maximum atomic E-state index is 5.97. The Balaban J connectivity index is 2.04. The summed E-state index contributed by atoms with van der Waals surface area (Å²) in [5, 5.41) is 3.48. The van der Waals surface area contributed by atoms with Crippen molar-refractivity contribution < 1.29 is 4.74 Å². The molecule has 0 saturated carbocycles. The smallest absolute Gasteiger partial charge is 0.130 e. The van der Waals surface area contributed by atoms with Crippen LogP contribution in [0.4, 0.5) is 0 Å². The summed E-state index contributed by atoms with van der Waals surface area (Å²) in [5.74, 6) is 1.80. The molecule has 0 saturated heterocycles. The Morgan fingerprint density at radius 3 is 2.24 bits per heavy atom. The van der Waals surface area contributed by atoms with E-state index >= 15 is 0 Å². The molecule has 0 spiro atoms. The zero-order valence-corrected chi connectivity index (χ0v) is 13.7. The number of benzene rings is 2. The molecule has 2 nitrogen and oxygen atoms in total. The lowest BCUT2D eigenvalue weighted by atomic mass is 10.1. The highest BCUT2D eigenvalue weighted by molar-refractivity contribution is 5.40. The van der Waals surface area contributed by atoms with E-state index in [2.05, 4.69) is 70.3 Å². The number of ether oxygens (including phenoxy) is 1. The first-order chi connectivity index (χ1) is 9.83. The fourth-order valence-electron chi connectivity index (χ4n) is 1.99. The van der Waals surface area contributed by atoms with Crippen LogP contribution in [0, 0.1) is 13.8 Å². The number of rotatable bonds is 4. The predicted octanol–water partition coefficient (Wildman–Crippen LogP) is 4.98. The maximum Gasteiger partial charge on any atom is 0.130 e. The van der Waals surface area contributed by atoms with E-state index in [-0.39, 0.29) is 5.54 Å². The number of hydrogen-bond acceptors (Lipinski definition) is 2. The molecule has 0 bridgehead atoms. The van der Waals surface area contributed by atoms with Crippen molar-refractivity contribution in [2.24, 2.45) is 0 Å². The summed E-state index contributed by atoms with van der Waals surface area (Å²) >= 11 is 0. The van der Waals surface area contributed by atoms with Crippen LogP contribution in [-0.2, 0) is 6.54 Å². The van der Waals surface area contributed by atoms with Gasteiger partial charge in [0.2, 0.25) is 0 Å². The van der Waals surface area contributed by atoms with Crippen molar-refractivity contribution in [3.63, 3.8) is 0 Å². The number of hydrogen-bond donors (Lipinski definition) is 1. The van der Waals surface area contributed by atoms with Gasteiger partial charge in [-0.15, -0.1) is 0 Å². The highest BCUT2D eigenvalue weighted by atomic mass is 16.5. The zero-order valence-electron chi connectivity index (χ0n) is 13.7. The molecular weight excluding hydrogens is 258 g/mol. The van der Waals surface area contributed by atoms with Gasteiger partial charge >= 0.3 is 0 Å². The Bertz CT molecular complexity index is 594. The van der Waals surface area contributed by atoms with E-state index in [4.69, 9.17) is 4.74 Å². The minimum Gasteiger partial charge on any atom is -0.457 e. The molecule has 0 aliphatic rings. The molecule has 0 aliphatic carbocycles. The van der Waals surface area contributed by atoms with Gasteiger partial charge in [0, 0.05) is 12.1 Å². The fraction of sp³-hybridized carbons (Fsp3) is 0.368. The molecule has 0 aliphatic heterocycles. The summed E-state index contributed by atoms with van der Waals surface area (Å²) in [6.45, 7) is 11.5. The van der Waals surface area contributed by atoms with Gasteiger partial charge in [-0.25, -0.2) is 0 Å². The second-order valence-electron chi connectivity index (χ2n) is 6.62. The van der Waals surface area contributed by atoms with Gasteiger partial charge in [0.1, 0.15) is 11.5 Å². The van der Waals surface area contributed by atoms with E-state index in [1.807, 2.05) is 12.1 Å².